The quantitative estimate of drug-likeness (QED) is 0.880. The van der Waals surface area contributed by atoms with E-state index >= 15 is 0 Å². The summed E-state index contributed by atoms with van der Waals surface area (Å²) in [4.78, 5) is 26.8. The molecule has 6 nitrogen and oxygen atoms in total. The van der Waals surface area contributed by atoms with E-state index in [1.807, 2.05) is 0 Å². The van der Waals surface area contributed by atoms with E-state index in [2.05, 4.69) is 10.3 Å². The van der Waals surface area contributed by atoms with E-state index in [9.17, 15) is 22.8 Å². The third-order valence-electron chi connectivity index (χ3n) is 3.19. The van der Waals surface area contributed by atoms with Gasteiger partial charge < -0.3 is 10.4 Å². The average Bonchev–Trinajstić information content (AvgIpc) is 2.83. The normalized spacial score (nSPS) is 11.7. The van der Waals surface area contributed by atoms with Crippen LogP contribution in [0.15, 0.2) is 18.3 Å². The van der Waals surface area contributed by atoms with Gasteiger partial charge in [0.05, 0.1) is 17.7 Å². The van der Waals surface area contributed by atoms with Crippen LogP contribution in [-0.2, 0) is 17.4 Å². The first-order valence-electron chi connectivity index (χ1n) is 6.82. The highest BCUT2D eigenvalue weighted by molar-refractivity contribution is 5.95. The molecule has 0 unspecified atom stereocenters. The Morgan fingerprint density at radius 2 is 2.04 bits per heavy atom. The van der Waals surface area contributed by atoms with E-state index < -0.39 is 23.6 Å². The molecule has 0 radical (unpaired) electrons. The minimum absolute atomic E-state index is 0.0148. The molecule has 0 aliphatic rings. The number of carboxylic acids is 1. The fourth-order valence-electron chi connectivity index (χ4n) is 2.11. The van der Waals surface area contributed by atoms with Gasteiger partial charge in [0.1, 0.15) is 11.3 Å². The van der Waals surface area contributed by atoms with E-state index in [0.29, 0.717) is 12.1 Å². The van der Waals surface area contributed by atoms with Gasteiger partial charge in [-0.3, -0.25) is 14.0 Å². The molecule has 2 aromatic rings. The van der Waals surface area contributed by atoms with Gasteiger partial charge in [-0.05, 0) is 18.6 Å². The lowest BCUT2D eigenvalue weighted by atomic mass is 10.2. The monoisotopic (exact) mass is 329 g/mol. The summed E-state index contributed by atoms with van der Waals surface area (Å²) in [6.45, 7) is 1.60. The number of halogens is 3. The lowest BCUT2D eigenvalue weighted by molar-refractivity contribution is -0.138. The number of rotatable bonds is 5. The molecule has 0 bridgehead atoms. The van der Waals surface area contributed by atoms with E-state index in [1.165, 1.54) is 6.07 Å². The molecule has 0 atom stereocenters. The molecular formula is C14H14F3N3O3. The molecule has 0 saturated heterocycles. The Morgan fingerprint density at radius 1 is 1.35 bits per heavy atom. The van der Waals surface area contributed by atoms with Crippen molar-refractivity contribution in [3.63, 3.8) is 0 Å². The molecule has 0 aliphatic heterocycles. The number of nitrogens with one attached hydrogen (secondary N) is 1. The Morgan fingerprint density at radius 3 is 2.61 bits per heavy atom. The van der Waals surface area contributed by atoms with E-state index in [0.717, 1.165) is 16.7 Å². The number of carboxylic acid groups (broad SMARTS) is 1. The van der Waals surface area contributed by atoms with Crippen LogP contribution in [0.4, 0.5) is 13.2 Å². The zero-order valence-electron chi connectivity index (χ0n) is 12.1. The highest BCUT2D eigenvalue weighted by Gasteiger charge is 2.31. The van der Waals surface area contributed by atoms with E-state index in [4.69, 9.17) is 5.11 Å². The molecule has 0 aliphatic carbocycles. The second-order valence-electron chi connectivity index (χ2n) is 4.80. The highest BCUT2D eigenvalue weighted by Crippen LogP contribution is 2.29. The van der Waals surface area contributed by atoms with Crippen LogP contribution in [0.5, 0.6) is 0 Å². The van der Waals surface area contributed by atoms with E-state index in [1.54, 1.807) is 6.92 Å². The number of aromatic nitrogens is 2. The number of imidazole rings is 1. The number of aliphatic carboxylic acids is 1. The van der Waals surface area contributed by atoms with Gasteiger partial charge in [0.25, 0.3) is 5.91 Å². The van der Waals surface area contributed by atoms with Crippen LogP contribution in [0, 0.1) is 0 Å². The van der Waals surface area contributed by atoms with Crippen LogP contribution in [-0.4, -0.2) is 32.9 Å². The van der Waals surface area contributed by atoms with Gasteiger partial charge in [-0.25, -0.2) is 4.98 Å². The molecule has 124 valence electrons. The summed E-state index contributed by atoms with van der Waals surface area (Å²) in [5, 5.41) is 10.9. The van der Waals surface area contributed by atoms with Gasteiger partial charge in [-0.2, -0.15) is 13.2 Å². The maximum Gasteiger partial charge on any atom is 0.417 e. The second kappa shape index (κ2) is 6.27. The topological polar surface area (TPSA) is 83.7 Å². The van der Waals surface area contributed by atoms with Crippen molar-refractivity contribution in [2.24, 2.45) is 0 Å². The largest absolute Gasteiger partial charge is 0.481 e. The first-order chi connectivity index (χ1) is 10.7. The van der Waals surface area contributed by atoms with Gasteiger partial charge in [0.15, 0.2) is 0 Å². The van der Waals surface area contributed by atoms with Crippen LogP contribution < -0.4 is 5.32 Å². The molecule has 0 fully saturated rings. The van der Waals surface area contributed by atoms with Crippen molar-refractivity contribution in [2.75, 3.05) is 6.54 Å². The predicted molar refractivity (Wildman–Crippen MR) is 74.2 cm³/mol. The Bertz CT molecular complexity index is 753. The first-order valence-corrected chi connectivity index (χ1v) is 6.82. The van der Waals surface area contributed by atoms with Crippen molar-refractivity contribution >= 4 is 17.5 Å². The summed E-state index contributed by atoms with van der Waals surface area (Å²) in [5.74, 6) is -1.74. The van der Waals surface area contributed by atoms with Crippen molar-refractivity contribution in [3.8, 4) is 0 Å². The standard InChI is InChI=1S/C14H14F3N3O3/c1-2-9-12(13(23)18-6-5-11(21)22)20-7-8(14(15,16)17)3-4-10(20)19-9/h3-4,7H,2,5-6H2,1H3,(H,18,23)(H,21,22). The number of alkyl halides is 3. The maximum atomic E-state index is 12.8. The third-order valence-corrected chi connectivity index (χ3v) is 3.19. The number of amides is 1. The van der Waals surface area contributed by atoms with Crippen LogP contribution >= 0.6 is 0 Å². The summed E-state index contributed by atoms with van der Waals surface area (Å²) < 4.78 is 39.6. The smallest absolute Gasteiger partial charge is 0.417 e. The number of nitrogens with zero attached hydrogens (tertiary/aromatic N) is 2. The Labute approximate surface area is 128 Å². The first kappa shape index (κ1) is 16.8. The van der Waals surface area contributed by atoms with Crippen LogP contribution in [0.3, 0.4) is 0 Å². The lowest BCUT2D eigenvalue weighted by Crippen LogP contribution is -2.28. The highest BCUT2D eigenvalue weighted by atomic mass is 19.4. The zero-order chi connectivity index (χ0) is 17.2. The molecule has 23 heavy (non-hydrogen) atoms. The maximum absolute atomic E-state index is 12.8. The van der Waals surface area contributed by atoms with Crippen LogP contribution in [0.2, 0.25) is 0 Å². The number of hydrogen-bond donors (Lipinski definition) is 2. The minimum atomic E-state index is -4.54. The summed E-state index contributed by atoms with van der Waals surface area (Å²) in [6.07, 6.45) is -3.65. The molecular weight excluding hydrogens is 315 g/mol. The number of aryl methyl sites for hydroxylation is 1. The van der Waals surface area contributed by atoms with E-state index in [-0.39, 0.29) is 24.3 Å². The zero-order valence-corrected chi connectivity index (χ0v) is 12.1. The molecule has 0 saturated carbocycles. The van der Waals surface area contributed by atoms with Crippen molar-refractivity contribution in [3.05, 3.63) is 35.3 Å². The predicted octanol–water partition coefficient (Wildman–Crippen LogP) is 2.12. The fourth-order valence-corrected chi connectivity index (χ4v) is 2.11. The van der Waals surface area contributed by atoms with Crippen LogP contribution in [0.25, 0.3) is 5.65 Å². The average molecular weight is 329 g/mol. The third kappa shape index (κ3) is 3.61. The summed E-state index contributed by atoms with van der Waals surface area (Å²) in [5.41, 5.74) is -0.348. The van der Waals surface area contributed by atoms with Crippen molar-refractivity contribution < 1.29 is 27.9 Å². The summed E-state index contributed by atoms with van der Waals surface area (Å²) >= 11 is 0. The molecule has 2 rings (SSSR count). The SMILES string of the molecule is CCc1nc2ccc(C(F)(F)F)cn2c1C(=O)NCCC(=O)O. The summed E-state index contributed by atoms with van der Waals surface area (Å²) in [7, 11) is 0. The van der Waals surface area contributed by atoms with Crippen LogP contribution in [0.1, 0.15) is 35.1 Å². The molecule has 1 amide bonds. The lowest BCUT2D eigenvalue weighted by Gasteiger charge is -2.09. The van der Waals surface area contributed by atoms with Gasteiger partial charge in [-0.1, -0.05) is 6.92 Å². The molecule has 0 aromatic carbocycles. The van der Waals surface area contributed by atoms with Gasteiger partial charge in [0, 0.05) is 12.7 Å². The van der Waals surface area contributed by atoms with Gasteiger partial charge >= 0.3 is 12.1 Å². The molecule has 0 spiro atoms. The van der Waals surface area contributed by atoms with Gasteiger partial charge in [0.2, 0.25) is 0 Å². The molecule has 2 aromatic heterocycles. The minimum Gasteiger partial charge on any atom is -0.481 e. The molecule has 2 N–H and O–H groups in total. The number of fused-ring (bicyclic) bond motifs is 1. The Kier molecular flexibility index (Phi) is 4.57. The summed E-state index contributed by atoms with van der Waals surface area (Å²) in [6, 6.07) is 2.09. The van der Waals surface area contributed by atoms with Gasteiger partial charge in [-0.15, -0.1) is 0 Å². The fraction of sp³-hybridized carbons (Fsp3) is 0.357. The van der Waals surface area contributed by atoms with Crippen molar-refractivity contribution in [1.82, 2.24) is 14.7 Å². The number of carbonyl (C=O) groups is 2. The second-order valence-corrected chi connectivity index (χ2v) is 4.80. The molecule has 9 heteroatoms. The Balaban J connectivity index is 2.43. The molecule has 2 heterocycles. The van der Waals surface area contributed by atoms with Crippen molar-refractivity contribution in [2.45, 2.75) is 25.9 Å². The Hall–Kier alpha value is -2.58. The van der Waals surface area contributed by atoms with Crippen molar-refractivity contribution in [1.29, 1.82) is 0 Å². The number of pyridine rings is 1. The number of hydrogen-bond acceptors (Lipinski definition) is 3. The number of carbonyl (C=O) groups excluding carboxylic acids is 1.